The number of hydrogen-bond acceptors (Lipinski definition) is 5. The fourth-order valence-electron chi connectivity index (χ4n) is 4.75. The molecule has 0 spiro atoms. The highest BCUT2D eigenvalue weighted by Crippen LogP contribution is 2.43. The summed E-state index contributed by atoms with van der Waals surface area (Å²) in [4.78, 5) is 32.2. The largest absolute Gasteiger partial charge is 0.289 e. The van der Waals surface area contributed by atoms with Gasteiger partial charge < -0.3 is 0 Å². The third kappa shape index (κ3) is 4.91. The molecule has 0 N–H and O–H groups in total. The van der Waals surface area contributed by atoms with Crippen LogP contribution in [0.2, 0.25) is 0 Å². The van der Waals surface area contributed by atoms with Crippen LogP contribution >= 0.6 is 34.0 Å². The fraction of sp³-hybridized carbons (Fsp3) is 0.188. The molecular weight excluding hydrogens is 513 g/mol. The lowest BCUT2D eigenvalue weighted by molar-refractivity contribution is -0.113. The average molecular weight is 541 g/mol. The smallest absolute Gasteiger partial charge is 0.184 e. The average Bonchev–Trinajstić information content (AvgIpc) is 3.59. The fourth-order valence-corrected chi connectivity index (χ4v) is 7.94. The molecule has 0 amide bonds. The standard InChI is InChI=1S/C32H28O2S3/c1-17-13-23(14-18(2)31(17)33)29(25-9-7-21(5)35-25)27-11-12-28(37-27)30(26-10-8-22(6)36-26)24-15-19(3)32(34)20(4)16-24/h7-16H,1-6H3. The summed E-state index contributed by atoms with van der Waals surface area (Å²) in [5.41, 5.74) is 7.52. The van der Waals surface area contributed by atoms with Crippen LogP contribution in [0, 0.1) is 13.8 Å². The normalized spacial score (nSPS) is 15.9. The van der Waals surface area contributed by atoms with Crippen molar-refractivity contribution >= 4 is 56.7 Å². The summed E-state index contributed by atoms with van der Waals surface area (Å²) in [5, 5.41) is 0. The van der Waals surface area contributed by atoms with Gasteiger partial charge in [-0.15, -0.1) is 34.0 Å². The molecule has 5 rings (SSSR count). The Hall–Kier alpha value is -3.12. The van der Waals surface area contributed by atoms with Gasteiger partial charge in [-0.2, -0.15) is 0 Å². The molecule has 2 nitrogen and oxygen atoms in total. The first-order chi connectivity index (χ1) is 17.6. The van der Waals surface area contributed by atoms with E-state index in [0.29, 0.717) is 0 Å². The molecule has 0 bridgehead atoms. The maximum atomic E-state index is 12.5. The lowest BCUT2D eigenvalue weighted by Gasteiger charge is -2.15. The number of aryl methyl sites for hydroxylation is 2. The summed E-state index contributed by atoms with van der Waals surface area (Å²) in [6, 6.07) is 13.1. The van der Waals surface area contributed by atoms with E-state index >= 15 is 0 Å². The highest BCUT2D eigenvalue weighted by molar-refractivity contribution is 7.17. The molecule has 2 aliphatic rings. The summed E-state index contributed by atoms with van der Waals surface area (Å²) < 4.78 is 0. The van der Waals surface area contributed by atoms with Crippen molar-refractivity contribution in [1.82, 2.24) is 0 Å². The number of rotatable bonds is 4. The van der Waals surface area contributed by atoms with E-state index in [4.69, 9.17) is 0 Å². The van der Waals surface area contributed by atoms with Gasteiger partial charge in [0.15, 0.2) is 11.6 Å². The van der Waals surface area contributed by atoms with E-state index in [-0.39, 0.29) is 11.6 Å². The van der Waals surface area contributed by atoms with Gasteiger partial charge in [0.05, 0.1) is 0 Å². The van der Waals surface area contributed by atoms with Gasteiger partial charge >= 0.3 is 0 Å². The number of allylic oxidation sites excluding steroid dienone is 10. The Morgan fingerprint density at radius 3 is 1.05 bits per heavy atom. The van der Waals surface area contributed by atoms with Crippen LogP contribution in [0.5, 0.6) is 0 Å². The van der Waals surface area contributed by atoms with Crippen molar-refractivity contribution < 1.29 is 9.59 Å². The van der Waals surface area contributed by atoms with E-state index in [1.54, 1.807) is 34.0 Å². The van der Waals surface area contributed by atoms with E-state index in [1.807, 2.05) is 52.0 Å². The molecule has 5 heteroatoms. The Labute approximate surface area is 230 Å². The molecule has 186 valence electrons. The number of ketones is 2. The summed E-state index contributed by atoms with van der Waals surface area (Å²) in [6.07, 6.45) is 8.08. The van der Waals surface area contributed by atoms with Gasteiger partial charge in [0, 0.05) is 40.4 Å². The van der Waals surface area contributed by atoms with Crippen LogP contribution in [0.15, 0.2) is 94.1 Å². The number of thiophene rings is 3. The molecule has 2 aliphatic carbocycles. The molecule has 0 aromatic carbocycles. The van der Waals surface area contributed by atoms with Gasteiger partial charge in [0.2, 0.25) is 0 Å². The quantitative estimate of drug-likeness (QED) is 0.331. The van der Waals surface area contributed by atoms with Crippen LogP contribution in [0.25, 0.3) is 11.1 Å². The molecule has 0 aliphatic heterocycles. The maximum absolute atomic E-state index is 12.5. The zero-order chi connectivity index (χ0) is 26.4. The van der Waals surface area contributed by atoms with Gasteiger partial charge in [-0.05, 0) is 136 Å². The molecule has 0 saturated heterocycles. The van der Waals surface area contributed by atoms with Gasteiger partial charge in [0.25, 0.3) is 0 Å². The molecule has 0 fully saturated rings. The van der Waals surface area contributed by atoms with Gasteiger partial charge in [0.1, 0.15) is 0 Å². The van der Waals surface area contributed by atoms with Crippen LogP contribution in [0.3, 0.4) is 0 Å². The second-order valence-electron chi connectivity index (χ2n) is 9.61. The van der Waals surface area contributed by atoms with Crippen LogP contribution in [-0.4, -0.2) is 11.6 Å². The number of Topliss-reactive ketones (excluding diaryl/α,β-unsaturated/α-hetero) is 2. The second kappa shape index (κ2) is 9.97. The van der Waals surface area contributed by atoms with Crippen molar-refractivity contribution in [1.29, 1.82) is 0 Å². The van der Waals surface area contributed by atoms with Crippen LogP contribution in [-0.2, 0) is 9.59 Å². The molecule has 0 atom stereocenters. The molecule has 3 heterocycles. The first-order valence-corrected chi connectivity index (χ1v) is 14.6. The first-order valence-electron chi connectivity index (χ1n) is 12.2. The zero-order valence-corrected chi connectivity index (χ0v) is 24.3. The maximum Gasteiger partial charge on any atom is 0.184 e. The first kappa shape index (κ1) is 25.5. The third-order valence-electron chi connectivity index (χ3n) is 6.57. The monoisotopic (exact) mass is 540 g/mol. The molecule has 3 aromatic rings. The summed E-state index contributed by atoms with van der Waals surface area (Å²) in [6.45, 7) is 11.8. The Morgan fingerprint density at radius 2 is 0.757 bits per heavy atom. The zero-order valence-electron chi connectivity index (χ0n) is 21.8. The second-order valence-corrected chi connectivity index (χ2v) is 13.3. The van der Waals surface area contributed by atoms with Crippen molar-refractivity contribution in [3.05, 3.63) is 123 Å². The molecule has 0 saturated carbocycles. The lowest BCUT2D eigenvalue weighted by Crippen LogP contribution is -2.07. The topological polar surface area (TPSA) is 34.1 Å². The summed E-state index contributed by atoms with van der Waals surface area (Å²) >= 11 is 5.31. The highest BCUT2D eigenvalue weighted by atomic mass is 32.1. The van der Waals surface area contributed by atoms with Crippen LogP contribution < -0.4 is 0 Å². The highest BCUT2D eigenvalue weighted by Gasteiger charge is 2.23. The SMILES string of the molecule is CC1=CC(=C(c2ccc(C)s2)c2ccc(C(=C3C=C(C)C(=O)C(C)=C3)c3ccc(C)s3)s2)C=C(C)C1=O. The lowest BCUT2D eigenvalue weighted by atomic mass is 9.91. The Kier molecular flexibility index (Phi) is 6.88. The molecule has 37 heavy (non-hydrogen) atoms. The van der Waals surface area contributed by atoms with Gasteiger partial charge in [-0.1, -0.05) is 0 Å². The van der Waals surface area contributed by atoms with Crippen molar-refractivity contribution in [3.8, 4) is 0 Å². The molecule has 0 radical (unpaired) electrons. The van der Waals surface area contributed by atoms with E-state index in [0.717, 1.165) is 54.3 Å². The van der Waals surface area contributed by atoms with E-state index in [1.165, 1.54) is 19.5 Å². The minimum atomic E-state index is 0.105. The van der Waals surface area contributed by atoms with E-state index < -0.39 is 0 Å². The predicted octanol–water partition coefficient (Wildman–Crippen LogP) is 9.04. The van der Waals surface area contributed by atoms with Crippen LogP contribution in [0.4, 0.5) is 0 Å². The molecule has 0 unspecified atom stereocenters. The number of hydrogen-bond donors (Lipinski definition) is 0. The van der Waals surface area contributed by atoms with Crippen molar-refractivity contribution in [3.63, 3.8) is 0 Å². The minimum absolute atomic E-state index is 0.105. The third-order valence-corrected chi connectivity index (χ3v) is 9.73. The van der Waals surface area contributed by atoms with Gasteiger partial charge in [-0.3, -0.25) is 9.59 Å². The summed E-state index contributed by atoms with van der Waals surface area (Å²) in [7, 11) is 0. The number of carbonyl (C=O) groups is 2. The Bertz CT molecular complexity index is 1480. The van der Waals surface area contributed by atoms with E-state index in [2.05, 4.69) is 50.2 Å². The molecular formula is C32H28O2S3. The Morgan fingerprint density at radius 1 is 0.459 bits per heavy atom. The predicted molar refractivity (Wildman–Crippen MR) is 160 cm³/mol. The minimum Gasteiger partial charge on any atom is -0.289 e. The summed E-state index contributed by atoms with van der Waals surface area (Å²) in [5.74, 6) is 0.210. The number of carbonyl (C=O) groups excluding carboxylic acids is 2. The van der Waals surface area contributed by atoms with Crippen molar-refractivity contribution in [2.24, 2.45) is 0 Å². The Balaban J connectivity index is 1.73. The molecule has 3 aromatic heterocycles. The van der Waals surface area contributed by atoms with Crippen molar-refractivity contribution in [2.45, 2.75) is 41.5 Å². The van der Waals surface area contributed by atoms with Crippen molar-refractivity contribution in [2.75, 3.05) is 0 Å². The van der Waals surface area contributed by atoms with Crippen LogP contribution in [0.1, 0.15) is 57.0 Å². The van der Waals surface area contributed by atoms with E-state index in [9.17, 15) is 9.59 Å². The van der Waals surface area contributed by atoms with Gasteiger partial charge in [-0.25, -0.2) is 0 Å².